The zero-order chi connectivity index (χ0) is 25.7. The van der Waals surface area contributed by atoms with Crippen LogP contribution in [0.1, 0.15) is 23.4 Å². The van der Waals surface area contributed by atoms with Crippen molar-refractivity contribution in [2.45, 2.75) is 29.7 Å². The van der Waals surface area contributed by atoms with Crippen LogP contribution in [0.4, 0.5) is 27.3 Å². The lowest BCUT2D eigenvalue weighted by molar-refractivity contribution is 0.0256. The van der Waals surface area contributed by atoms with E-state index in [-0.39, 0.29) is 29.1 Å². The molecule has 1 aliphatic heterocycles. The SMILES string of the molecule is O=S(=O)(F)c1ccccc1Cn1nnc2c(N3CCC(F)(F)C3)nc(C(F)(F)c3ccccc3)nc21. The third-order valence-corrected chi connectivity index (χ3v) is 6.71. The first kappa shape index (κ1) is 24.0. The van der Waals surface area contributed by atoms with Gasteiger partial charge in [-0.05, 0) is 11.6 Å². The van der Waals surface area contributed by atoms with Gasteiger partial charge in [-0.15, -0.1) is 8.98 Å². The maximum atomic E-state index is 15.4. The Kier molecular flexibility index (Phi) is 5.65. The Morgan fingerprint density at radius 3 is 2.36 bits per heavy atom. The summed E-state index contributed by atoms with van der Waals surface area (Å²) in [5.41, 5.74) is -0.821. The van der Waals surface area contributed by atoms with Gasteiger partial charge in [-0.3, -0.25) is 0 Å². The van der Waals surface area contributed by atoms with Gasteiger partial charge in [0.1, 0.15) is 4.90 Å². The second-order valence-electron chi connectivity index (χ2n) is 8.30. The lowest BCUT2D eigenvalue weighted by atomic mass is 10.1. The van der Waals surface area contributed by atoms with E-state index in [1.807, 2.05) is 0 Å². The summed E-state index contributed by atoms with van der Waals surface area (Å²) >= 11 is 0. The molecule has 0 bridgehead atoms. The van der Waals surface area contributed by atoms with E-state index in [1.165, 1.54) is 42.5 Å². The highest BCUT2D eigenvalue weighted by Gasteiger charge is 2.43. The van der Waals surface area contributed by atoms with Crippen LogP contribution in [0.25, 0.3) is 11.2 Å². The number of halogens is 5. The molecule has 0 atom stereocenters. The van der Waals surface area contributed by atoms with Gasteiger partial charge in [0, 0.05) is 18.5 Å². The Morgan fingerprint density at radius 1 is 1.00 bits per heavy atom. The van der Waals surface area contributed by atoms with Crippen molar-refractivity contribution in [2.24, 2.45) is 0 Å². The fraction of sp³-hybridized carbons (Fsp3) is 0.273. The zero-order valence-corrected chi connectivity index (χ0v) is 19.1. The fourth-order valence-electron chi connectivity index (χ4n) is 4.04. The topological polar surface area (TPSA) is 93.9 Å². The summed E-state index contributed by atoms with van der Waals surface area (Å²) in [5.74, 6) is -7.98. The molecule has 14 heteroatoms. The van der Waals surface area contributed by atoms with Crippen molar-refractivity contribution in [3.63, 3.8) is 0 Å². The summed E-state index contributed by atoms with van der Waals surface area (Å²) in [6.07, 6.45) is -0.501. The molecule has 0 unspecified atom stereocenters. The molecule has 188 valence electrons. The number of anilines is 1. The Balaban J connectivity index is 1.68. The van der Waals surface area contributed by atoms with Crippen LogP contribution in [0.2, 0.25) is 0 Å². The standard InChI is InChI=1S/C22H17F5N6O2S/c23-21(24)10-11-32(13-21)18-17-19(29-20(28-18)22(25,26)15-7-2-1-3-8-15)33(31-30-17)12-14-6-4-5-9-16(14)36(27,34)35/h1-9H,10-13H2. The van der Waals surface area contributed by atoms with E-state index in [1.54, 1.807) is 6.07 Å². The van der Waals surface area contributed by atoms with Crippen molar-refractivity contribution in [1.82, 2.24) is 25.0 Å². The van der Waals surface area contributed by atoms with Crippen LogP contribution in [-0.4, -0.2) is 52.4 Å². The monoisotopic (exact) mass is 524 g/mol. The number of hydrogen-bond acceptors (Lipinski definition) is 7. The van der Waals surface area contributed by atoms with E-state index in [2.05, 4.69) is 20.3 Å². The molecular weight excluding hydrogens is 507 g/mol. The largest absolute Gasteiger partial charge is 0.348 e. The second kappa shape index (κ2) is 8.47. The van der Waals surface area contributed by atoms with Gasteiger partial charge >= 0.3 is 16.1 Å². The number of alkyl halides is 4. The van der Waals surface area contributed by atoms with Crippen molar-refractivity contribution >= 4 is 27.2 Å². The van der Waals surface area contributed by atoms with E-state index in [0.717, 1.165) is 15.6 Å². The third-order valence-electron chi connectivity index (χ3n) is 5.79. The molecule has 2 aromatic heterocycles. The number of aromatic nitrogens is 5. The van der Waals surface area contributed by atoms with Crippen LogP contribution in [0.5, 0.6) is 0 Å². The molecule has 1 saturated heterocycles. The number of nitrogens with zero attached hydrogens (tertiary/aromatic N) is 6. The summed E-state index contributed by atoms with van der Waals surface area (Å²) in [5, 5.41) is 7.77. The van der Waals surface area contributed by atoms with Crippen molar-refractivity contribution in [3.05, 3.63) is 71.5 Å². The van der Waals surface area contributed by atoms with Gasteiger partial charge in [0.25, 0.3) is 5.92 Å². The minimum atomic E-state index is -5.10. The molecule has 2 aromatic carbocycles. The minimum absolute atomic E-state index is 0.0314. The van der Waals surface area contributed by atoms with Crippen LogP contribution in [0.15, 0.2) is 59.5 Å². The van der Waals surface area contributed by atoms with E-state index < -0.39 is 57.9 Å². The van der Waals surface area contributed by atoms with Gasteiger partial charge in [0.05, 0.1) is 13.1 Å². The van der Waals surface area contributed by atoms with Crippen LogP contribution in [0.3, 0.4) is 0 Å². The van der Waals surface area contributed by atoms with E-state index >= 15 is 8.78 Å². The fourth-order valence-corrected chi connectivity index (χ4v) is 4.72. The smallest absolute Gasteiger partial charge is 0.332 e. The summed E-state index contributed by atoms with van der Waals surface area (Å²) in [7, 11) is -5.10. The zero-order valence-electron chi connectivity index (χ0n) is 18.3. The molecule has 8 nitrogen and oxygen atoms in total. The Morgan fingerprint density at radius 2 is 1.69 bits per heavy atom. The van der Waals surface area contributed by atoms with E-state index in [4.69, 9.17) is 0 Å². The Bertz CT molecular complexity index is 1550. The number of fused-ring (bicyclic) bond motifs is 1. The lowest BCUT2D eigenvalue weighted by Crippen LogP contribution is -2.28. The Labute approximate surface area is 201 Å². The number of hydrogen-bond donors (Lipinski definition) is 0. The van der Waals surface area contributed by atoms with Crippen molar-refractivity contribution in [1.29, 1.82) is 0 Å². The predicted octanol–water partition coefficient (Wildman–Crippen LogP) is 3.91. The van der Waals surface area contributed by atoms with E-state index in [9.17, 15) is 21.1 Å². The van der Waals surface area contributed by atoms with Crippen molar-refractivity contribution in [3.8, 4) is 0 Å². The maximum absolute atomic E-state index is 15.4. The molecular formula is C22H17F5N6O2S. The van der Waals surface area contributed by atoms with Gasteiger partial charge in [-0.25, -0.2) is 23.4 Å². The Hall–Kier alpha value is -3.68. The summed E-state index contributed by atoms with van der Waals surface area (Å²) in [6, 6.07) is 11.9. The third kappa shape index (κ3) is 4.36. The highest BCUT2D eigenvalue weighted by molar-refractivity contribution is 7.86. The number of rotatable bonds is 6. The molecule has 0 radical (unpaired) electrons. The molecule has 0 amide bonds. The molecule has 1 aliphatic rings. The number of benzene rings is 2. The van der Waals surface area contributed by atoms with Crippen LogP contribution >= 0.6 is 0 Å². The molecule has 4 aromatic rings. The first-order valence-electron chi connectivity index (χ1n) is 10.7. The maximum Gasteiger partial charge on any atom is 0.332 e. The van der Waals surface area contributed by atoms with Gasteiger partial charge in [-0.1, -0.05) is 53.7 Å². The van der Waals surface area contributed by atoms with Gasteiger partial charge in [0.2, 0.25) is 5.82 Å². The molecule has 0 spiro atoms. The quantitative estimate of drug-likeness (QED) is 0.279. The van der Waals surface area contributed by atoms with Crippen molar-refractivity contribution < 1.29 is 29.9 Å². The molecule has 3 heterocycles. The highest BCUT2D eigenvalue weighted by Crippen LogP contribution is 2.38. The average Bonchev–Trinajstić information content (AvgIpc) is 3.41. The van der Waals surface area contributed by atoms with Crippen LogP contribution in [-0.2, 0) is 22.7 Å². The molecule has 0 aliphatic carbocycles. The van der Waals surface area contributed by atoms with Crippen LogP contribution in [0, 0.1) is 0 Å². The molecule has 36 heavy (non-hydrogen) atoms. The van der Waals surface area contributed by atoms with Gasteiger partial charge < -0.3 is 4.90 Å². The summed E-state index contributed by atoms with van der Waals surface area (Å²) in [4.78, 5) is 8.40. The van der Waals surface area contributed by atoms with E-state index in [0.29, 0.717) is 0 Å². The van der Waals surface area contributed by atoms with Crippen LogP contribution < -0.4 is 4.90 Å². The molecule has 0 saturated carbocycles. The van der Waals surface area contributed by atoms with Crippen molar-refractivity contribution in [2.75, 3.05) is 18.0 Å². The average molecular weight is 524 g/mol. The highest BCUT2D eigenvalue weighted by atomic mass is 32.3. The predicted molar refractivity (Wildman–Crippen MR) is 118 cm³/mol. The second-order valence-corrected chi connectivity index (χ2v) is 9.62. The van der Waals surface area contributed by atoms with Gasteiger partial charge in [0.15, 0.2) is 17.0 Å². The molecule has 0 N–H and O–H groups in total. The minimum Gasteiger partial charge on any atom is -0.348 e. The first-order valence-corrected chi connectivity index (χ1v) is 12.0. The molecule has 5 rings (SSSR count). The lowest BCUT2D eigenvalue weighted by Gasteiger charge is -2.21. The molecule has 1 fully saturated rings. The van der Waals surface area contributed by atoms with Gasteiger partial charge in [-0.2, -0.15) is 17.2 Å². The summed E-state index contributed by atoms with van der Waals surface area (Å²) < 4.78 is 96.7. The normalized spacial score (nSPS) is 16.1. The first-order chi connectivity index (χ1) is 17.0. The summed E-state index contributed by atoms with van der Waals surface area (Å²) in [6.45, 7) is -1.31.